The van der Waals surface area contributed by atoms with Crippen LogP contribution in [-0.2, 0) is 18.3 Å². The average Bonchev–Trinajstić information content (AvgIpc) is 3.11. The molecule has 27 heavy (non-hydrogen) atoms. The summed E-state index contributed by atoms with van der Waals surface area (Å²) in [5.74, 6) is 0. The third-order valence-corrected chi connectivity index (χ3v) is 5.16. The number of piperidine rings is 1. The van der Waals surface area contributed by atoms with Crippen LogP contribution in [0, 0.1) is 0 Å². The third kappa shape index (κ3) is 3.68. The molecule has 0 bridgehead atoms. The third-order valence-electron chi connectivity index (χ3n) is 5.16. The number of fused-ring (bicyclic) bond motifs is 1. The molecule has 1 aliphatic heterocycles. The van der Waals surface area contributed by atoms with E-state index in [9.17, 15) is 18.3 Å². The summed E-state index contributed by atoms with van der Waals surface area (Å²) in [5, 5.41) is 15.0. The predicted octanol–water partition coefficient (Wildman–Crippen LogP) is 3.23. The molecule has 0 aliphatic carbocycles. The molecule has 0 unspecified atom stereocenters. The highest BCUT2D eigenvalue weighted by Gasteiger charge is 2.37. The summed E-state index contributed by atoms with van der Waals surface area (Å²) < 4.78 is 40.5. The summed E-state index contributed by atoms with van der Waals surface area (Å²) in [6.45, 7) is 1.90. The molecule has 0 spiro atoms. The summed E-state index contributed by atoms with van der Waals surface area (Å²) >= 11 is 0. The number of aliphatic hydroxyl groups is 1. The van der Waals surface area contributed by atoms with Crippen LogP contribution in [0.25, 0.3) is 5.65 Å². The van der Waals surface area contributed by atoms with E-state index in [1.807, 2.05) is 18.3 Å². The molecular formula is C19H19F3N4O. The molecule has 5 nitrogen and oxygen atoms in total. The van der Waals surface area contributed by atoms with Gasteiger partial charge in [-0.25, -0.2) is 9.50 Å². The quantitative estimate of drug-likeness (QED) is 0.763. The Hall–Kier alpha value is -2.45. The van der Waals surface area contributed by atoms with Gasteiger partial charge >= 0.3 is 6.18 Å². The Bertz CT molecular complexity index is 945. The van der Waals surface area contributed by atoms with Crippen molar-refractivity contribution in [2.75, 3.05) is 13.1 Å². The van der Waals surface area contributed by atoms with E-state index in [1.54, 1.807) is 10.6 Å². The van der Waals surface area contributed by atoms with Crippen molar-refractivity contribution in [1.82, 2.24) is 19.5 Å². The van der Waals surface area contributed by atoms with Gasteiger partial charge in [0, 0.05) is 25.8 Å². The zero-order chi connectivity index (χ0) is 19.1. The van der Waals surface area contributed by atoms with Crippen LogP contribution >= 0.6 is 0 Å². The van der Waals surface area contributed by atoms with Crippen molar-refractivity contribution in [3.8, 4) is 0 Å². The van der Waals surface area contributed by atoms with Crippen molar-refractivity contribution < 1.29 is 18.3 Å². The van der Waals surface area contributed by atoms with Crippen LogP contribution in [0.2, 0.25) is 0 Å². The average molecular weight is 376 g/mol. The highest BCUT2D eigenvalue weighted by atomic mass is 19.4. The predicted molar refractivity (Wildman–Crippen MR) is 92.8 cm³/mol. The molecule has 0 saturated carbocycles. The number of pyridine rings is 1. The van der Waals surface area contributed by atoms with Gasteiger partial charge in [-0.1, -0.05) is 12.1 Å². The molecular weight excluding hydrogens is 357 g/mol. The SMILES string of the molecule is OC1(c2cccc(C(F)(F)F)c2)CCN(Cc2ccn3ncnc3c2)CC1. The van der Waals surface area contributed by atoms with E-state index < -0.39 is 17.3 Å². The molecule has 1 N–H and O–H groups in total. The maximum atomic E-state index is 13.0. The number of rotatable bonds is 3. The molecule has 1 fully saturated rings. The molecule has 8 heteroatoms. The second-order valence-corrected chi connectivity index (χ2v) is 6.98. The fraction of sp³-hybridized carbons (Fsp3) is 0.368. The van der Waals surface area contributed by atoms with E-state index in [0.29, 0.717) is 38.0 Å². The molecule has 1 aromatic carbocycles. The zero-order valence-corrected chi connectivity index (χ0v) is 14.5. The number of likely N-dealkylation sites (tertiary alicyclic amines) is 1. The van der Waals surface area contributed by atoms with Crippen LogP contribution in [0.3, 0.4) is 0 Å². The van der Waals surface area contributed by atoms with E-state index in [-0.39, 0.29) is 0 Å². The molecule has 3 aromatic rings. The normalized spacial score (nSPS) is 18.1. The van der Waals surface area contributed by atoms with Gasteiger partial charge < -0.3 is 5.11 Å². The Morgan fingerprint density at radius 3 is 2.63 bits per heavy atom. The molecule has 0 radical (unpaired) electrons. The van der Waals surface area contributed by atoms with Gasteiger partial charge in [0.05, 0.1) is 11.2 Å². The van der Waals surface area contributed by atoms with Gasteiger partial charge in [0.1, 0.15) is 6.33 Å². The lowest BCUT2D eigenvalue weighted by Gasteiger charge is -2.38. The Morgan fingerprint density at radius 1 is 1.11 bits per heavy atom. The first-order valence-corrected chi connectivity index (χ1v) is 8.74. The van der Waals surface area contributed by atoms with Gasteiger partial charge in [0.15, 0.2) is 5.65 Å². The molecule has 0 atom stereocenters. The molecule has 1 aliphatic rings. The van der Waals surface area contributed by atoms with Crippen LogP contribution in [0.1, 0.15) is 29.5 Å². The van der Waals surface area contributed by atoms with Gasteiger partial charge in [-0.2, -0.15) is 18.3 Å². The van der Waals surface area contributed by atoms with Crippen LogP contribution in [0.15, 0.2) is 48.9 Å². The number of nitrogens with zero attached hydrogens (tertiary/aromatic N) is 4. The number of hydrogen-bond acceptors (Lipinski definition) is 4. The zero-order valence-electron chi connectivity index (χ0n) is 14.5. The molecule has 3 heterocycles. The van der Waals surface area contributed by atoms with E-state index >= 15 is 0 Å². The number of benzene rings is 1. The van der Waals surface area contributed by atoms with E-state index in [0.717, 1.165) is 23.3 Å². The second kappa shape index (κ2) is 6.61. The first-order chi connectivity index (χ1) is 12.8. The van der Waals surface area contributed by atoms with Crippen molar-refractivity contribution in [2.45, 2.75) is 31.2 Å². The topological polar surface area (TPSA) is 53.7 Å². The van der Waals surface area contributed by atoms with Gasteiger partial charge in [0.25, 0.3) is 0 Å². The van der Waals surface area contributed by atoms with Gasteiger partial charge in [-0.05, 0) is 48.2 Å². The second-order valence-electron chi connectivity index (χ2n) is 6.98. The monoisotopic (exact) mass is 376 g/mol. The maximum absolute atomic E-state index is 13.0. The standard InChI is InChI=1S/C19H19F3N4O/c20-19(21,22)16-3-1-2-15(11-16)18(27)5-8-25(9-6-18)12-14-4-7-26-17(10-14)23-13-24-26/h1-4,7,10-11,13,27H,5-6,8-9,12H2. The minimum Gasteiger partial charge on any atom is -0.385 e. The van der Waals surface area contributed by atoms with Crippen molar-refractivity contribution >= 4 is 5.65 Å². The van der Waals surface area contributed by atoms with Crippen LogP contribution in [-0.4, -0.2) is 37.7 Å². The summed E-state index contributed by atoms with van der Waals surface area (Å²) in [6.07, 6.45) is -0.286. The first-order valence-electron chi connectivity index (χ1n) is 8.74. The summed E-state index contributed by atoms with van der Waals surface area (Å²) in [5.41, 5.74) is 0.235. The molecule has 1 saturated heterocycles. The minimum atomic E-state index is -4.41. The molecule has 142 valence electrons. The van der Waals surface area contributed by atoms with Gasteiger partial charge in [-0.15, -0.1) is 0 Å². The number of alkyl halides is 3. The van der Waals surface area contributed by atoms with Crippen LogP contribution < -0.4 is 0 Å². The minimum absolute atomic E-state index is 0.335. The Labute approximate surface area is 154 Å². The molecule has 0 amide bonds. The molecule has 2 aromatic heterocycles. The van der Waals surface area contributed by atoms with Crippen molar-refractivity contribution in [1.29, 1.82) is 0 Å². The molecule has 4 rings (SSSR count). The highest BCUT2D eigenvalue weighted by Crippen LogP contribution is 2.37. The lowest BCUT2D eigenvalue weighted by atomic mass is 9.83. The smallest absolute Gasteiger partial charge is 0.385 e. The van der Waals surface area contributed by atoms with Gasteiger partial charge in [-0.3, -0.25) is 4.90 Å². The lowest BCUT2D eigenvalue weighted by Crippen LogP contribution is -2.42. The van der Waals surface area contributed by atoms with Crippen LogP contribution in [0.5, 0.6) is 0 Å². The number of aromatic nitrogens is 3. The fourth-order valence-corrected chi connectivity index (χ4v) is 3.57. The first kappa shape index (κ1) is 17.9. The van der Waals surface area contributed by atoms with Crippen LogP contribution in [0.4, 0.5) is 13.2 Å². The van der Waals surface area contributed by atoms with Gasteiger partial charge in [0.2, 0.25) is 0 Å². The van der Waals surface area contributed by atoms with E-state index in [2.05, 4.69) is 15.0 Å². The summed E-state index contributed by atoms with van der Waals surface area (Å²) in [7, 11) is 0. The number of hydrogen-bond donors (Lipinski definition) is 1. The lowest BCUT2D eigenvalue weighted by molar-refractivity contribution is -0.137. The van der Waals surface area contributed by atoms with Crippen molar-refractivity contribution in [2.24, 2.45) is 0 Å². The summed E-state index contributed by atoms with van der Waals surface area (Å²) in [4.78, 5) is 6.35. The van der Waals surface area contributed by atoms with E-state index in [4.69, 9.17) is 0 Å². The number of halogens is 3. The fourth-order valence-electron chi connectivity index (χ4n) is 3.57. The largest absolute Gasteiger partial charge is 0.416 e. The van der Waals surface area contributed by atoms with Crippen molar-refractivity contribution in [3.63, 3.8) is 0 Å². The summed E-state index contributed by atoms with van der Waals surface area (Å²) in [6, 6.07) is 8.95. The Kier molecular flexibility index (Phi) is 4.39. The maximum Gasteiger partial charge on any atom is 0.416 e. The Balaban J connectivity index is 1.44. The highest BCUT2D eigenvalue weighted by molar-refractivity contribution is 5.39. The Morgan fingerprint density at radius 2 is 1.89 bits per heavy atom. The van der Waals surface area contributed by atoms with Crippen molar-refractivity contribution in [3.05, 3.63) is 65.6 Å². The van der Waals surface area contributed by atoms with E-state index in [1.165, 1.54) is 12.4 Å².